The summed E-state index contributed by atoms with van der Waals surface area (Å²) in [6.07, 6.45) is 2.72. The Morgan fingerprint density at radius 3 is 2.18 bits per heavy atom. The zero-order chi connectivity index (χ0) is 8.70. The molecule has 1 unspecified atom stereocenters. The van der Waals surface area contributed by atoms with Crippen molar-refractivity contribution < 1.29 is 0 Å². The highest BCUT2D eigenvalue weighted by atomic mass is 15.0. The van der Waals surface area contributed by atoms with Crippen molar-refractivity contribution >= 4 is 0 Å². The van der Waals surface area contributed by atoms with Crippen LogP contribution in [-0.2, 0) is 0 Å². The van der Waals surface area contributed by atoms with Crippen LogP contribution in [0.15, 0.2) is 0 Å². The van der Waals surface area contributed by atoms with E-state index in [1.54, 1.807) is 0 Å². The molecular formula is C8H19N3. The molecule has 0 saturated heterocycles. The summed E-state index contributed by atoms with van der Waals surface area (Å²) in [6.45, 7) is 4.18. The molecule has 3 heteroatoms. The van der Waals surface area contributed by atoms with E-state index in [9.17, 15) is 0 Å². The minimum absolute atomic E-state index is 0.0231. The lowest BCUT2D eigenvalue weighted by atomic mass is 9.67. The zero-order valence-corrected chi connectivity index (χ0v) is 7.43. The molecule has 0 amide bonds. The molecular weight excluding hydrogens is 138 g/mol. The second-order valence-electron chi connectivity index (χ2n) is 4.43. The van der Waals surface area contributed by atoms with Gasteiger partial charge in [0.15, 0.2) is 0 Å². The first-order chi connectivity index (χ1) is 4.85. The Hall–Kier alpha value is -0.120. The van der Waals surface area contributed by atoms with Gasteiger partial charge in [-0.1, -0.05) is 13.8 Å². The van der Waals surface area contributed by atoms with Gasteiger partial charge in [-0.25, -0.2) is 0 Å². The van der Waals surface area contributed by atoms with Gasteiger partial charge in [-0.15, -0.1) is 0 Å². The highest BCUT2D eigenvalue weighted by Crippen LogP contribution is 2.38. The van der Waals surface area contributed by atoms with E-state index in [0.29, 0.717) is 0 Å². The smallest absolute Gasteiger partial charge is 0.0690 e. The maximum atomic E-state index is 5.94. The largest absolute Gasteiger partial charge is 0.328 e. The van der Waals surface area contributed by atoms with E-state index in [4.69, 9.17) is 17.2 Å². The molecule has 0 heterocycles. The van der Waals surface area contributed by atoms with Gasteiger partial charge in [0, 0.05) is 6.04 Å². The van der Waals surface area contributed by atoms with Gasteiger partial charge in [-0.2, -0.15) is 0 Å². The normalized spacial score (nSPS) is 35.2. The van der Waals surface area contributed by atoms with Crippen molar-refractivity contribution in [3.63, 3.8) is 0 Å². The van der Waals surface area contributed by atoms with E-state index in [1.807, 2.05) is 0 Å². The molecule has 6 N–H and O–H groups in total. The fourth-order valence-corrected chi connectivity index (χ4v) is 1.71. The average Bonchev–Trinajstić information content (AvgIpc) is 1.80. The Morgan fingerprint density at radius 2 is 1.82 bits per heavy atom. The van der Waals surface area contributed by atoms with Crippen molar-refractivity contribution in [1.29, 1.82) is 0 Å². The Kier molecular flexibility index (Phi) is 1.99. The van der Waals surface area contributed by atoms with Crippen LogP contribution in [0, 0.1) is 5.41 Å². The molecule has 0 aromatic heterocycles. The van der Waals surface area contributed by atoms with Crippen LogP contribution < -0.4 is 17.2 Å². The maximum absolute atomic E-state index is 5.94. The molecule has 1 saturated carbocycles. The van der Waals surface area contributed by atoms with Crippen LogP contribution in [0.1, 0.15) is 33.1 Å². The molecule has 0 spiro atoms. The van der Waals surface area contributed by atoms with Crippen molar-refractivity contribution in [2.24, 2.45) is 22.6 Å². The van der Waals surface area contributed by atoms with Gasteiger partial charge in [0.05, 0.1) is 5.66 Å². The lowest BCUT2D eigenvalue weighted by Gasteiger charge is -2.47. The van der Waals surface area contributed by atoms with Crippen LogP contribution in [0.5, 0.6) is 0 Å². The van der Waals surface area contributed by atoms with E-state index in [-0.39, 0.29) is 11.5 Å². The third-order valence-corrected chi connectivity index (χ3v) is 2.96. The lowest BCUT2D eigenvalue weighted by Crippen LogP contribution is -2.64. The zero-order valence-electron chi connectivity index (χ0n) is 7.43. The molecule has 11 heavy (non-hydrogen) atoms. The van der Waals surface area contributed by atoms with Crippen molar-refractivity contribution in [2.75, 3.05) is 0 Å². The molecule has 0 bridgehead atoms. The Bertz CT molecular complexity index is 151. The molecule has 0 radical (unpaired) electrons. The van der Waals surface area contributed by atoms with Gasteiger partial charge in [-0.05, 0) is 24.7 Å². The van der Waals surface area contributed by atoms with Crippen molar-refractivity contribution in [1.82, 2.24) is 0 Å². The fourth-order valence-electron chi connectivity index (χ4n) is 1.71. The fraction of sp³-hybridized carbons (Fsp3) is 1.00. The summed E-state index contributed by atoms with van der Waals surface area (Å²) in [6, 6.07) is 0.283. The van der Waals surface area contributed by atoms with E-state index in [0.717, 1.165) is 19.3 Å². The lowest BCUT2D eigenvalue weighted by molar-refractivity contribution is 0.0921. The number of hydrogen-bond donors (Lipinski definition) is 3. The number of nitrogens with two attached hydrogens (primary N) is 3. The van der Waals surface area contributed by atoms with Gasteiger partial charge in [0.25, 0.3) is 0 Å². The molecule has 1 aliphatic rings. The van der Waals surface area contributed by atoms with Crippen LogP contribution in [0.4, 0.5) is 0 Å². The summed E-state index contributed by atoms with van der Waals surface area (Å²) in [5, 5.41) is 0. The van der Waals surface area contributed by atoms with E-state index < -0.39 is 5.66 Å². The predicted octanol–water partition coefficient (Wildman–Crippen LogP) is 0.138. The predicted molar refractivity (Wildman–Crippen MR) is 46.7 cm³/mol. The van der Waals surface area contributed by atoms with Gasteiger partial charge in [-0.3, -0.25) is 0 Å². The van der Waals surface area contributed by atoms with Crippen LogP contribution in [0.25, 0.3) is 0 Å². The van der Waals surface area contributed by atoms with E-state index in [2.05, 4.69) is 13.8 Å². The third-order valence-electron chi connectivity index (χ3n) is 2.96. The Labute approximate surface area is 68.3 Å². The summed E-state index contributed by atoms with van der Waals surface area (Å²) in [5.41, 5.74) is 17.2. The summed E-state index contributed by atoms with van der Waals surface area (Å²) < 4.78 is 0. The number of hydrogen-bond acceptors (Lipinski definition) is 3. The summed E-state index contributed by atoms with van der Waals surface area (Å²) in [4.78, 5) is 0. The third kappa shape index (κ3) is 1.55. The summed E-state index contributed by atoms with van der Waals surface area (Å²) in [5.74, 6) is 0. The van der Waals surface area contributed by atoms with E-state index >= 15 is 0 Å². The second kappa shape index (κ2) is 2.44. The first kappa shape index (κ1) is 8.97. The molecule has 3 nitrogen and oxygen atoms in total. The average molecular weight is 157 g/mol. The van der Waals surface area contributed by atoms with Gasteiger partial charge >= 0.3 is 0 Å². The SMILES string of the molecule is CC1(C)CC(N)CCC1(N)N. The maximum Gasteiger partial charge on any atom is 0.0690 e. The highest BCUT2D eigenvalue weighted by molar-refractivity contribution is 4.99. The second-order valence-corrected chi connectivity index (χ2v) is 4.43. The Morgan fingerprint density at radius 1 is 1.27 bits per heavy atom. The van der Waals surface area contributed by atoms with Crippen molar-refractivity contribution in [2.45, 2.75) is 44.8 Å². The van der Waals surface area contributed by atoms with Gasteiger partial charge in [0.2, 0.25) is 0 Å². The minimum Gasteiger partial charge on any atom is -0.328 e. The summed E-state index contributed by atoms with van der Waals surface area (Å²) in [7, 11) is 0. The molecule has 1 atom stereocenters. The topological polar surface area (TPSA) is 78.1 Å². The quantitative estimate of drug-likeness (QED) is 0.438. The van der Waals surface area contributed by atoms with E-state index in [1.165, 1.54) is 0 Å². The van der Waals surface area contributed by atoms with Crippen LogP contribution in [-0.4, -0.2) is 11.7 Å². The molecule has 1 rings (SSSR count). The first-order valence-electron chi connectivity index (χ1n) is 4.18. The molecule has 1 fully saturated rings. The molecule has 66 valence electrons. The molecule has 0 aromatic carbocycles. The van der Waals surface area contributed by atoms with Crippen molar-refractivity contribution in [3.05, 3.63) is 0 Å². The van der Waals surface area contributed by atoms with Crippen molar-refractivity contribution in [3.8, 4) is 0 Å². The highest BCUT2D eigenvalue weighted by Gasteiger charge is 2.42. The van der Waals surface area contributed by atoms with Crippen LogP contribution in [0.3, 0.4) is 0 Å². The molecule has 0 aromatic rings. The van der Waals surface area contributed by atoms with Crippen LogP contribution in [0.2, 0.25) is 0 Å². The van der Waals surface area contributed by atoms with Gasteiger partial charge in [0.1, 0.15) is 0 Å². The monoisotopic (exact) mass is 157 g/mol. The molecule has 0 aliphatic heterocycles. The van der Waals surface area contributed by atoms with Crippen LogP contribution >= 0.6 is 0 Å². The standard InChI is InChI=1S/C8H19N3/c1-7(2)5-6(9)3-4-8(7,10)11/h6H,3-5,9-11H2,1-2H3. The molecule has 1 aliphatic carbocycles. The Balaban J connectivity index is 2.72. The number of rotatable bonds is 0. The van der Waals surface area contributed by atoms with Gasteiger partial charge < -0.3 is 17.2 Å². The summed E-state index contributed by atoms with van der Waals surface area (Å²) >= 11 is 0. The minimum atomic E-state index is -0.525. The first-order valence-corrected chi connectivity index (χ1v) is 4.18.